The lowest BCUT2D eigenvalue weighted by Crippen LogP contribution is -2.18. The average Bonchev–Trinajstić information content (AvgIpc) is 2.08. The first kappa shape index (κ1) is 12.2. The van der Waals surface area contributed by atoms with Crippen LogP contribution in [-0.2, 0) is 5.33 Å². The van der Waals surface area contributed by atoms with E-state index in [1.54, 1.807) is 0 Å². The van der Waals surface area contributed by atoms with Crippen LogP contribution in [0.15, 0.2) is 12.1 Å². The van der Waals surface area contributed by atoms with Crippen LogP contribution >= 0.6 is 15.9 Å². The Kier molecular flexibility index (Phi) is 3.54. The average molecular weight is 291 g/mol. The molecule has 84 valence electrons. The lowest BCUT2D eigenvalue weighted by atomic mass is 10.2. The Morgan fingerprint density at radius 3 is 2.13 bits per heavy atom. The van der Waals surface area contributed by atoms with Crippen molar-refractivity contribution in [3.8, 4) is 5.75 Å². The zero-order valence-electron chi connectivity index (χ0n) is 7.04. The van der Waals surface area contributed by atoms with E-state index in [1.165, 1.54) is 0 Å². The van der Waals surface area contributed by atoms with Gasteiger partial charge in [-0.3, -0.25) is 0 Å². The Morgan fingerprint density at radius 2 is 1.67 bits per heavy atom. The quantitative estimate of drug-likeness (QED) is 0.595. The van der Waals surface area contributed by atoms with Gasteiger partial charge in [0.05, 0.1) is 0 Å². The number of hydrogen-bond acceptors (Lipinski definition) is 1. The number of hydrogen-bond donors (Lipinski definition) is 0. The maximum Gasteiger partial charge on any atom is 0.573 e. The predicted molar refractivity (Wildman–Crippen MR) is 45.7 cm³/mol. The highest BCUT2D eigenvalue weighted by Gasteiger charge is 2.32. The molecule has 0 atom stereocenters. The largest absolute Gasteiger partial charge is 0.573 e. The summed E-state index contributed by atoms with van der Waals surface area (Å²) in [5.41, 5.74) is -0.119. The molecule has 0 aliphatic heterocycles. The molecule has 0 heterocycles. The minimum atomic E-state index is -4.93. The maximum absolute atomic E-state index is 12.6. The Morgan fingerprint density at radius 1 is 1.13 bits per heavy atom. The van der Waals surface area contributed by atoms with Crippen molar-refractivity contribution >= 4 is 15.9 Å². The molecule has 0 unspecified atom stereocenters. The molecule has 0 saturated heterocycles. The normalized spacial score (nSPS) is 11.6. The molecule has 0 aliphatic carbocycles. The molecule has 1 nitrogen and oxygen atoms in total. The van der Waals surface area contributed by atoms with Gasteiger partial charge in [-0.2, -0.15) is 0 Å². The molecule has 0 amide bonds. The molecule has 0 bridgehead atoms. The number of alkyl halides is 4. The van der Waals surface area contributed by atoms with E-state index in [2.05, 4.69) is 20.7 Å². The molecule has 1 rings (SSSR count). The summed E-state index contributed by atoms with van der Waals surface area (Å²) in [6.07, 6.45) is -4.93. The van der Waals surface area contributed by atoms with E-state index in [0.717, 1.165) is 0 Å². The Bertz CT molecular complexity index is 363. The Labute approximate surface area is 90.0 Å². The second-order valence-corrected chi connectivity index (χ2v) is 3.12. The van der Waals surface area contributed by atoms with Gasteiger partial charge < -0.3 is 4.74 Å². The van der Waals surface area contributed by atoms with Gasteiger partial charge in [-0.1, -0.05) is 15.9 Å². The Hall–Kier alpha value is -0.850. The van der Waals surface area contributed by atoms with Crippen molar-refractivity contribution in [1.29, 1.82) is 0 Å². The summed E-state index contributed by atoms with van der Waals surface area (Å²) in [6, 6.07) is 1.00. The summed E-state index contributed by atoms with van der Waals surface area (Å²) in [5.74, 6) is -3.36. The molecule has 0 saturated carbocycles. The van der Waals surface area contributed by atoms with Gasteiger partial charge in [0.1, 0.15) is 5.75 Å². The van der Waals surface area contributed by atoms with Crippen LogP contribution in [0.25, 0.3) is 0 Å². The summed E-state index contributed by atoms with van der Waals surface area (Å²) in [7, 11) is 0. The van der Waals surface area contributed by atoms with Gasteiger partial charge in [0.25, 0.3) is 0 Å². The van der Waals surface area contributed by atoms with Crippen molar-refractivity contribution in [1.82, 2.24) is 0 Å². The van der Waals surface area contributed by atoms with E-state index >= 15 is 0 Å². The van der Waals surface area contributed by atoms with Crippen LogP contribution in [0, 0.1) is 11.6 Å². The van der Waals surface area contributed by atoms with Gasteiger partial charge in [-0.05, 0) is 6.07 Å². The zero-order valence-corrected chi connectivity index (χ0v) is 8.62. The third kappa shape index (κ3) is 3.33. The third-order valence-corrected chi connectivity index (χ3v) is 2.08. The molecule has 15 heavy (non-hydrogen) atoms. The van der Waals surface area contributed by atoms with Crippen LogP contribution in [0.5, 0.6) is 5.75 Å². The van der Waals surface area contributed by atoms with Gasteiger partial charge in [-0.25, -0.2) is 8.78 Å². The summed E-state index contributed by atoms with van der Waals surface area (Å²) in [6.45, 7) is 0. The van der Waals surface area contributed by atoms with Gasteiger partial charge >= 0.3 is 6.36 Å². The fourth-order valence-electron chi connectivity index (χ4n) is 0.894. The van der Waals surface area contributed by atoms with E-state index in [-0.39, 0.29) is 10.9 Å². The minimum absolute atomic E-state index is 0.0738. The van der Waals surface area contributed by atoms with Crippen LogP contribution in [-0.4, -0.2) is 6.36 Å². The summed E-state index contributed by atoms with van der Waals surface area (Å²) in [4.78, 5) is 0. The highest BCUT2D eigenvalue weighted by Crippen LogP contribution is 2.29. The second kappa shape index (κ2) is 4.34. The van der Waals surface area contributed by atoms with E-state index < -0.39 is 23.7 Å². The van der Waals surface area contributed by atoms with E-state index in [9.17, 15) is 22.0 Å². The smallest absolute Gasteiger partial charge is 0.405 e. The summed E-state index contributed by atoms with van der Waals surface area (Å²) < 4.78 is 64.3. The van der Waals surface area contributed by atoms with Crippen LogP contribution < -0.4 is 4.74 Å². The highest BCUT2D eigenvalue weighted by atomic mass is 79.9. The number of benzene rings is 1. The van der Waals surface area contributed by atoms with Crippen molar-refractivity contribution in [2.75, 3.05) is 0 Å². The first-order valence-corrected chi connectivity index (χ1v) is 4.75. The molecular weight excluding hydrogens is 287 g/mol. The van der Waals surface area contributed by atoms with Gasteiger partial charge in [0.2, 0.25) is 0 Å². The molecule has 0 spiro atoms. The number of halogens is 6. The molecule has 0 radical (unpaired) electrons. The molecule has 0 fully saturated rings. The monoisotopic (exact) mass is 290 g/mol. The predicted octanol–water partition coefficient (Wildman–Crippen LogP) is 3.76. The van der Waals surface area contributed by atoms with Crippen LogP contribution in [0.1, 0.15) is 5.56 Å². The van der Waals surface area contributed by atoms with Crippen LogP contribution in [0.3, 0.4) is 0 Å². The first-order chi connectivity index (χ1) is 6.83. The molecule has 1 aromatic rings. The van der Waals surface area contributed by atoms with Gasteiger partial charge in [0, 0.05) is 17.0 Å². The van der Waals surface area contributed by atoms with Crippen molar-refractivity contribution in [2.24, 2.45) is 0 Å². The third-order valence-electron chi connectivity index (χ3n) is 1.47. The minimum Gasteiger partial charge on any atom is -0.405 e. The lowest BCUT2D eigenvalue weighted by molar-refractivity contribution is -0.274. The molecule has 1 aromatic carbocycles. The highest BCUT2D eigenvalue weighted by molar-refractivity contribution is 9.08. The fraction of sp³-hybridized carbons (Fsp3) is 0.250. The maximum atomic E-state index is 12.6. The molecular formula is C8H4BrF5O. The second-order valence-electron chi connectivity index (χ2n) is 2.56. The van der Waals surface area contributed by atoms with Crippen molar-refractivity contribution in [3.63, 3.8) is 0 Å². The van der Waals surface area contributed by atoms with E-state index in [0.29, 0.717) is 12.1 Å². The summed E-state index contributed by atoms with van der Waals surface area (Å²) >= 11 is 2.84. The lowest BCUT2D eigenvalue weighted by Gasteiger charge is -2.12. The van der Waals surface area contributed by atoms with Crippen molar-refractivity contribution < 1.29 is 26.7 Å². The first-order valence-electron chi connectivity index (χ1n) is 3.63. The van der Waals surface area contributed by atoms with Gasteiger partial charge in [0.15, 0.2) is 11.6 Å². The Balaban J connectivity index is 3.11. The number of ether oxygens (including phenoxy) is 1. The van der Waals surface area contributed by atoms with Crippen LogP contribution in [0.2, 0.25) is 0 Å². The van der Waals surface area contributed by atoms with Gasteiger partial charge in [-0.15, -0.1) is 13.2 Å². The fourth-order valence-corrected chi connectivity index (χ4v) is 1.33. The van der Waals surface area contributed by atoms with Crippen molar-refractivity contribution in [3.05, 3.63) is 29.3 Å². The summed E-state index contributed by atoms with van der Waals surface area (Å²) in [5, 5.41) is -0.0738. The van der Waals surface area contributed by atoms with Crippen molar-refractivity contribution in [2.45, 2.75) is 11.7 Å². The molecule has 0 aliphatic rings. The van der Waals surface area contributed by atoms with Crippen LogP contribution in [0.4, 0.5) is 22.0 Å². The van der Waals surface area contributed by atoms with E-state index in [1.807, 2.05) is 0 Å². The topological polar surface area (TPSA) is 9.23 Å². The molecule has 0 N–H and O–H groups in total. The molecule has 0 aromatic heterocycles. The SMILES string of the molecule is Fc1cc(CBr)c(OC(F)(F)F)cc1F. The standard InChI is InChI=1S/C8H4BrF5O/c9-3-4-1-5(10)6(11)2-7(4)15-8(12,13)14/h1-2H,3H2. The molecule has 7 heteroatoms. The number of rotatable bonds is 2. The zero-order chi connectivity index (χ0) is 11.6. The van der Waals surface area contributed by atoms with E-state index in [4.69, 9.17) is 0 Å².